The monoisotopic (exact) mass is 351 g/mol. The quantitative estimate of drug-likeness (QED) is 0.426. The normalized spacial score (nSPS) is 31.9. The first kappa shape index (κ1) is 17.4. The number of hydrogen-bond acceptors (Lipinski definition) is 3. The molecule has 3 heteroatoms. The summed E-state index contributed by atoms with van der Waals surface area (Å²) >= 11 is 0. The van der Waals surface area contributed by atoms with Crippen molar-refractivity contribution in [1.82, 2.24) is 0 Å². The number of allylic oxidation sites excluding steroid dienone is 3. The molecule has 0 spiro atoms. The fourth-order valence-electron chi connectivity index (χ4n) is 5.53. The first-order valence-corrected chi connectivity index (χ1v) is 9.74. The minimum absolute atomic E-state index is 0.0104. The molecule has 138 valence electrons. The van der Waals surface area contributed by atoms with Crippen LogP contribution in [0.5, 0.6) is 5.75 Å². The van der Waals surface area contributed by atoms with Crippen molar-refractivity contribution in [3.05, 3.63) is 47.1 Å². The van der Waals surface area contributed by atoms with Crippen LogP contribution in [-0.4, -0.2) is 18.0 Å². The molecule has 0 aromatic heterocycles. The second-order valence-electron chi connectivity index (χ2n) is 8.53. The number of nitrogens with zero attached hydrogens (tertiary/aromatic N) is 1. The minimum atomic E-state index is -0.0104. The van der Waals surface area contributed by atoms with Gasteiger partial charge in [0.1, 0.15) is 5.75 Å². The van der Waals surface area contributed by atoms with Crippen molar-refractivity contribution in [1.29, 1.82) is 0 Å². The van der Waals surface area contributed by atoms with Crippen LogP contribution in [0.25, 0.3) is 5.57 Å². The van der Waals surface area contributed by atoms with Gasteiger partial charge in [0.2, 0.25) is 0 Å². The highest BCUT2D eigenvalue weighted by Crippen LogP contribution is 2.57. The van der Waals surface area contributed by atoms with Gasteiger partial charge in [0.05, 0.1) is 12.8 Å². The van der Waals surface area contributed by atoms with Gasteiger partial charge in [-0.15, -0.1) is 0 Å². The zero-order valence-corrected chi connectivity index (χ0v) is 16.1. The third-order valence-corrected chi connectivity index (χ3v) is 7.21. The van der Waals surface area contributed by atoms with E-state index < -0.39 is 0 Å². The number of ether oxygens (including phenoxy) is 1. The van der Waals surface area contributed by atoms with Crippen LogP contribution in [0.15, 0.2) is 41.1 Å². The van der Waals surface area contributed by atoms with Crippen LogP contribution in [0, 0.1) is 17.3 Å². The van der Waals surface area contributed by atoms with Gasteiger partial charge in [-0.1, -0.05) is 35.9 Å². The van der Waals surface area contributed by atoms with Gasteiger partial charge in [0, 0.05) is 5.41 Å². The molecule has 0 bridgehead atoms. The fourth-order valence-corrected chi connectivity index (χ4v) is 5.53. The lowest BCUT2D eigenvalue weighted by Crippen LogP contribution is -2.46. The molecule has 3 aliphatic carbocycles. The summed E-state index contributed by atoms with van der Waals surface area (Å²) in [6.07, 6.45) is 6.30. The summed E-state index contributed by atoms with van der Waals surface area (Å²) in [4.78, 5) is 0. The van der Waals surface area contributed by atoms with Crippen molar-refractivity contribution in [3.63, 3.8) is 0 Å². The summed E-state index contributed by atoms with van der Waals surface area (Å²) in [6.45, 7) is 8.63. The second kappa shape index (κ2) is 6.29. The number of oxime groups is 1. The van der Waals surface area contributed by atoms with Crippen molar-refractivity contribution in [2.75, 3.05) is 7.11 Å². The Morgan fingerprint density at radius 3 is 2.81 bits per heavy atom. The summed E-state index contributed by atoms with van der Waals surface area (Å²) in [7, 11) is 1.73. The molecule has 1 aromatic rings. The van der Waals surface area contributed by atoms with E-state index in [9.17, 15) is 5.21 Å². The van der Waals surface area contributed by atoms with Crippen molar-refractivity contribution >= 4 is 11.3 Å². The molecule has 1 saturated carbocycles. The number of fused-ring (bicyclic) bond motifs is 4. The van der Waals surface area contributed by atoms with Gasteiger partial charge in [-0.25, -0.2) is 0 Å². The highest BCUT2D eigenvalue weighted by molar-refractivity contribution is 5.93. The van der Waals surface area contributed by atoms with Gasteiger partial charge in [-0.2, -0.15) is 0 Å². The van der Waals surface area contributed by atoms with E-state index in [4.69, 9.17) is 4.74 Å². The Bertz CT molecular complexity index is 819. The number of methoxy groups -OCH3 is 1. The van der Waals surface area contributed by atoms with Gasteiger partial charge in [-0.3, -0.25) is 0 Å². The first-order chi connectivity index (χ1) is 12.5. The van der Waals surface area contributed by atoms with Crippen LogP contribution >= 0.6 is 0 Å². The maximum Gasteiger partial charge on any atom is 0.119 e. The number of hydrogen-bond donors (Lipinski definition) is 1. The average molecular weight is 351 g/mol. The van der Waals surface area contributed by atoms with Crippen molar-refractivity contribution in [2.24, 2.45) is 22.4 Å². The van der Waals surface area contributed by atoms with Crippen molar-refractivity contribution in [3.8, 4) is 5.75 Å². The molecular weight excluding hydrogens is 322 g/mol. The van der Waals surface area contributed by atoms with Crippen LogP contribution in [0.2, 0.25) is 0 Å². The van der Waals surface area contributed by atoms with Crippen LogP contribution in [-0.2, 0) is 6.42 Å². The minimum Gasteiger partial charge on any atom is -0.497 e. The van der Waals surface area contributed by atoms with E-state index in [0.717, 1.165) is 50.0 Å². The molecule has 1 N–H and O–H groups in total. The molecule has 0 aliphatic heterocycles. The SMILES string of the molecule is C=C(C)[C@@H]1CC(=NO)[C@]2(C)CCC3=C(CCc4cc(OC)ccc43)[C@@H]2C1. The smallest absolute Gasteiger partial charge is 0.119 e. The topological polar surface area (TPSA) is 41.8 Å². The Hall–Kier alpha value is -2.03. The van der Waals surface area contributed by atoms with Gasteiger partial charge in [-0.05, 0) is 86.1 Å². The zero-order chi connectivity index (χ0) is 18.5. The molecule has 26 heavy (non-hydrogen) atoms. The highest BCUT2D eigenvalue weighted by Gasteiger charge is 2.49. The molecule has 3 nitrogen and oxygen atoms in total. The van der Waals surface area contributed by atoms with Gasteiger partial charge < -0.3 is 9.94 Å². The summed E-state index contributed by atoms with van der Waals surface area (Å²) in [5.41, 5.74) is 8.14. The molecule has 3 aliphatic rings. The standard InChI is InChI=1S/C23H29NO2/c1-14(2)16-12-21-20-7-5-15-11-17(26-4)6-8-18(15)19(20)9-10-23(21,3)22(13-16)24-25/h6,8,11,16,21,25H,1,5,7,9-10,12-13H2,2-4H3/t16-,21-,23+/m0/s1. The van der Waals surface area contributed by atoms with Crippen LogP contribution in [0.1, 0.15) is 57.1 Å². The Morgan fingerprint density at radius 2 is 2.12 bits per heavy atom. The third-order valence-electron chi connectivity index (χ3n) is 7.21. The second-order valence-corrected chi connectivity index (χ2v) is 8.53. The molecule has 1 aromatic carbocycles. The summed E-state index contributed by atoms with van der Waals surface area (Å²) in [5.74, 6) is 1.83. The maximum absolute atomic E-state index is 9.73. The lowest BCUT2D eigenvalue weighted by molar-refractivity contribution is 0.200. The Kier molecular flexibility index (Phi) is 4.21. The molecule has 0 amide bonds. The predicted octanol–water partition coefficient (Wildman–Crippen LogP) is 5.63. The molecule has 1 fully saturated rings. The summed E-state index contributed by atoms with van der Waals surface area (Å²) in [6, 6.07) is 6.53. The zero-order valence-electron chi connectivity index (χ0n) is 16.1. The maximum atomic E-state index is 9.73. The molecule has 4 rings (SSSR count). The Labute approximate surface area is 156 Å². The fraction of sp³-hybridized carbons (Fsp3) is 0.522. The lowest BCUT2D eigenvalue weighted by atomic mass is 9.53. The summed E-state index contributed by atoms with van der Waals surface area (Å²) < 4.78 is 5.42. The predicted molar refractivity (Wildman–Crippen MR) is 106 cm³/mol. The van der Waals surface area contributed by atoms with E-state index in [2.05, 4.69) is 43.8 Å². The number of benzene rings is 1. The van der Waals surface area contributed by atoms with E-state index >= 15 is 0 Å². The van der Waals surface area contributed by atoms with Crippen LogP contribution in [0.3, 0.4) is 0 Å². The van der Waals surface area contributed by atoms with E-state index in [0.29, 0.717) is 11.8 Å². The van der Waals surface area contributed by atoms with E-state index in [1.807, 2.05) is 0 Å². The third kappa shape index (κ3) is 2.52. The van der Waals surface area contributed by atoms with Crippen LogP contribution < -0.4 is 4.74 Å². The van der Waals surface area contributed by atoms with E-state index in [-0.39, 0.29) is 5.41 Å². The van der Waals surface area contributed by atoms with Gasteiger partial charge >= 0.3 is 0 Å². The lowest BCUT2D eigenvalue weighted by Gasteiger charge is -2.50. The van der Waals surface area contributed by atoms with E-state index in [1.165, 1.54) is 22.3 Å². The van der Waals surface area contributed by atoms with Crippen LogP contribution in [0.4, 0.5) is 0 Å². The average Bonchev–Trinajstić information content (AvgIpc) is 2.65. The van der Waals surface area contributed by atoms with E-state index in [1.54, 1.807) is 12.7 Å². The van der Waals surface area contributed by atoms with Crippen molar-refractivity contribution in [2.45, 2.75) is 52.4 Å². The molecule has 0 unspecified atom stereocenters. The van der Waals surface area contributed by atoms with Gasteiger partial charge in [0.25, 0.3) is 0 Å². The number of aryl methyl sites for hydroxylation is 1. The molecular formula is C23H29NO2. The Morgan fingerprint density at radius 1 is 1.31 bits per heavy atom. The van der Waals surface area contributed by atoms with Crippen molar-refractivity contribution < 1.29 is 9.94 Å². The Balaban J connectivity index is 1.80. The molecule has 0 heterocycles. The summed E-state index contributed by atoms with van der Waals surface area (Å²) in [5, 5.41) is 13.5. The first-order valence-electron chi connectivity index (χ1n) is 9.74. The largest absolute Gasteiger partial charge is 0.497 e. The highest BCUT2D eigenvalue weighted by atomic mass is 16.5. The number of rotatable bonds is 2. The van der Waals surface area contributed by atoms with Gasteiger partial charge in [0.15, 0.2) is 0 Å². The molecule has 3 atom stereocenters. The molecule has 0 radical (unpaired) electrons. The molecule has 0 saturated heterocycles.